The van der Waals surface area contributed by atoms with E-state index in [4.69, 9.17) is 11.6 Å². The average Bonchev–Trinajstić information content (AvgIpc) is 2.17. The summed E-state index contributed by atoms with van der Waals surface area (Å²) in [5, 5.41) is 0.947. The molecule has 0 saturated carbocycles. The van der Waals surface area contributed by atoms with Gasteiger partial charge in [0, 0.05) is 5.02 Å². The monoisotopic (exact) mass is 268 g/mol. The van der Waals surface area contributed by atoms with Gasteiger partial charge in [-0.15, -0.1) is 5.46 Å². The van der Waals surface area contributed by atoms with E-state index in [1.165, 1.54) is 12.1 Å². The summed E-state index contributed by atoms with van der Waals surface area (Å²) in [6.07, 6.45) is 0. The Morgan fingerprint density at radius 1 is 0.875 bits per heavy atom. The molecular formula is C10H6BClF3K. The van der Waals surface area contributed by atoms with Crippen molar-refractivity contribution in [3.63, 3.8) is 0 Å². The number of benzene rings is 2. The van der Waals surface area contributed by atoms with Crippen molar-refractivity contribution in [1.82, 2.24) is 0 Å². The van der Waals surface area contributed by atoms with Crippen molar-refractivity contribution in [3.8, 4) is 0 Å². The molecule has 0 aliphatic rings. The van der Waals surface area contributed by atoms with Gasteiger partial charge in [0.2, 0.25) is 0 Å². The fraction of sp³-hybridized carbons (Fsp3) is 0. The fourth-order valence-corrected chi connectivity index (χ4v) is 1.80. The molecule has 0 unspecified atom stereocenters. The van der Waals surface area contributed by atoms with Crippen molar-refractivity contribution >= 4 is 34.8 Å². The Morgan fingerprint density at radius 3 is 2.00 bits per heavy atom. The Morgan fingerprint density at radius 2 is 1.44 bits per heavy atom. The van der Waals surface area contributed by atoms with Crippen LogP contribution in [0.2, 0.25) is 5.02 Å². The largest absolute Gasteiger partial charge is 1.00 e. The molecule has 6 heteroatoms. The van der Waals surface area contributed by atoms with Gasteiger partial charge >= 0.3 is 58.4 Å². The van der Waals surface area contributed by atoms with Crippen LogP contribution in [0.3, 0.4) is 0 Å². The van der Waals surface area contributed by atoms with E-state index in [0.29, 0.717) is 10.4 Å². The number of halogens is 4. The van der Waals surface area contributed by atoms with E-state index >= 15 is 0 Å². The van der Waals surface area contributed by atoms with Crippen molar-refractivity contribution in [1.29, 1.82) is 0 Å². The second kappa shape index (κ2) is 5.42. The standard InChI is InChI=1S/C10H6BClF3.K/c12-10-6-5-9(11(13,14)15)7-3-1-2-4-8(7)10;/h1-6H;/q-1;+1. The summed E-state index contributed by atoms with van der Waals surface area (Å²) in [5.41, 5.74) is -0.588. The van der Waals surface area contributed by atoms with Crippen molar-refractivity contribution in [2.45, 2.75) is 0 Å². The number of rotatable bonds is 1. The van der Waals surface area contributed by atoms with Crippen molar-refractivity contribution < 1.29 is 64.3 Å². The summed E-state index contributed by atoms with van der Waals surface area (Å²) >= 11 is 5.82. The zero-order chi connectivity index (χ0) is 11.1. The summed E-state index contributed by atoms with van der Waals surface area (Å²) in [5.74, 6) is 0. The van der Waals surface area contributed by atoms with Crippen LogP contribution in [0.15, 0.2) is 36.4 Å². The van der Waals surface area contributed by atoms with Crippen LogP contribution < -0.4 is 56.8 Å². The SMILES string of the molecule is F[B-](F)(F)c1ccc(Cl)c2ccccc12.[K+]. The molecule has 2 rings (SSSR count). The van der Waals surface area contributed by atoms with Crippen LogP contribution >= 0.6 is 11.6 Å². The summed E-state index contributed by atoms with van der Waals surface area (Å²) in [6.45, 7) is -4.99. The van der Waals surface area contributed by atoms with Crippen LogP contribution in [0, 0.1) is 0 Å². The van der Waals surface area contributed by atoms with E-state index in [2.05, 4.69) is 0 Å². The quantitative estimate of drug-likeness (QED) is 0.663. The second-order valence-corrected chi connectivity index (χ2v) is 3.66. The molecule has 0 nitrogen and oxygen atoms in total. The second-order valence-electron chi connectivity index (χ2n) is 3.26. The molecule has 0 radical (unpaired) electrons. The van der Waals surface area contributed by atoms with Gasteiger partial charge in [0.05, 0.1) is 0 Å². The Hall–Kier alpha value is 0.481. The van der Waals surface area contributed by atoms with Gasteiger partial charge in [-0.1, -0.05) is 41.9 Å². The molecule has 0 fully saturated rings. The third-order valence-electron chi connectivity index (χ3n) is 2.26. The molecule has 78 valence electrons. The van der Waals surface area contributed by atoms with E-state index in [9.17, 15) is 12.9 Å². The predicted molar refractivity (Wildman–Crippen MR) is 57.7 cm³/mol. The number of hydrogen-bond donors (Lipinski definition) is 0. The van der Waals surface area contributed by atoms with Crippen LogP contribution in [0.4, 0.5) is 12.9 Å². The first kappa shape index (κ1) is 14.5. The van der Waals surface area contributed by atoms with Crippen molar-refractivity contribution in [2.75, 3.05) is 0 Å². The van der Waals surface area contributed by atoms with Gasteiger partial charge in [-0.2, -0.15) is 0 Å². The first-order chi connectivity index (χ1) is 7.00. The molecule has 0 aliphatic carbocycles. The van der Waals surface area contributed by atoms with E-state index in [1.54, 1.807) is 18.2 Å². The molecule has 0 spiro atoms. The number of hydrogen-bond acceptors (Lipinski definition) is 0. The topological polar surface area (TPSA) is 0 Å². The first-order valence-electron chi connectivity index (χ1n) is 4.37. The molecule has 2 aromatic rings. The Kier molecular flexibility index (Phi) is 4.92. The number of fused-ring (bicyclic) bond motifs is 1. The predicted octanol–water partition coefficient (Wildman–Crippen LogP) is 0.552. The molecule has 0 aliphatic heterocycles. The maximum Gasteiger partial charge on any atom is 1.00 e. The van der Waals surface area contributed by atoms with E-state index < -0.39 is 12.4 Å². The van der Waals surface area contributed by atoms with Gasteiger partial charge in [0.1, 0.15) is 0 Å². The Balaban J connectivity index is 0.00000128. The summed E-state index contributed by atoms with van der Waals surface area (Å²) in [7, 11) is 0. The van der Waals surface area contributed by atoms with Gasteiger partial charge in [0.25, 0.3) is 0 Å². The molecule has 0 heterocycles. The summed E-state index contributed by atoms with van der Waals surface area (Å²) in [6, 6.07) is 8.58. The molecule has 0 bridgehead atoms. The van der Waals surface area contributed by atoms with Crippen LogP contribution in [0.5, 0.6) is 0 Å². The third-order valence-corrected chi connectivity index (χ3v) is 2.59. The van der Waals surface area contributed by atoms with E-state index in [-0.39, 0.29) is 56.8 Å². The van der Waals surface area contributed by atoms with Crippen LogP contribution in [0.1, 0.15) is 0 Å². The van der Waals surface area contributed by atoms with Gasteiger partial charge in [0.15, 0.2) is 0 Å². The molecule has 0 N–H and O–H groups in total. The van der Waals surface area contributed by atoms with Gasteiger partial charge < -0.3 is 12.9 Å². The fourth-order valence-electron chi connectivity index (χ4n) is 1.57. The normalized spacial score (nSPS) is 11.2. The maximum atomic E-state index is 12.7. The molecule has 0 amide bonds. The van der Waals surface area contributed by atoms with Crippen LogP contribution in [0.25, 0.3) is 10.8 Å². The van der Waals surface area contributed by atoms with Crippen molar-refractivity contribution in [2.24, 2.45) is 0 Å². The molecular weight excluding hydrogens is 262 g/mol. The smallest absolute Gasteiger partial charge is 0.445 e. The van der Waals surface area contributed by atoms with Crippen molar-refractivity contribution in [3.05, 3.63) is 41.4 Å². The molecule has 2 aromatic carbocycles. The minimum atomic E-state index is -4.99. The molecule has 0 aromatic heterocycles. The van der Waals surface area contributed by atoms with Gasteiger partial charge in [-0.3, -0.25) is 0 Å². The molecule has 0 atom stereocenters. The molecule has 0 saturated heterocycles. The zero-order valence-electron chi connectivity index (χ0n) is 8.55. The third kappa shape index (κ3) is 2.83. The Bertz CT molecular complexity index is 513. The summed E-state index contributed by atoms with van der Waals surface area (Å²) in [4.78, 5) is 0. The summed E-state index contributed by atoms with van der Waals surface area (Å²) < 4.78 is 38.0. The average molecular weight is 269 g/mol. The zero-order valence-corrected chi connectivity index (χ0v) is 12.4. The molecule has 16 heavy (non-hydrogen) atoms. The van der Waals surface area contributed by atoms with Crippen LogP contribution in [-0.4, -0.2) is 6.98 Å². The van der Waals surface area contributed by atoms with Gasteiger partial charge in [-0.05, 0) is 16.8 Å². The first-order valence-corrected chi connectivity index (χ1v) is 4.75. The Labute approximate surface area is 139 Å². The van der Waals surface area contributed by atoms with E-state index in [0.717, 1.165) is 6.07 Å². The maximum absolute atomic E-state index is 12.7. The minimum absolute atomic E-state index is 0. The van der Waals surface area contributed by atoms with Gasteiger partial charge in [-0.25, -0.2) is 0 Å². The van der Waals surface area contributed by atoms with E-state index in [1.807, 2.05) is 0 Å². The van der Waals surface area contributed by atoms with Crippen LogP contribution in [-0.2, 0) is 0 Å². The minimum Gasteiger partial charge on any atom is -0.445 e.